The predicted molar refractivity (Wildman–Crippen MR) is 125 cm³/mol. The second-order valence-electron chi connectivity index (χ2n) is 7.09. The van der Waals surface area contributed by atoms with Gasteiger partial charge in [0.25, 0.3) is 5.91 Å². The number of rotatable bonds is 5. The molecule has 160 valence electrons. The van der Waals surface area contributed by atoms with Crippen molar-refractivity contribution in [3.05, 3.63) is 63.4 Å². The fourth-order valence-electron chi connectivity index (χ4n) is 3.45. The minimum atomic E-state index is -0.422. The monoisotopic (exact) mass is 532 g/mol. The Kier molecular flexibility index (Phi) is 6.52. The van der Waals surface area contributed by atoms with Gasteiger partial charge in [-0.15, -0.1) is 0 Å². The minimum absolute atomic E-state index is 0.0411. The summed E-state index contributed by atoms with van der Waals surface area (Å²) in [7, 11) is 0. The molecule has 0 bridgehead atoms. The SMILES string of the molecule is O=C(N/N=C/c1cn(CC(=O)N2CCOCC2)c2ccccc12)c1ccc(I)c(O)c1. The summed E-state index contributed by atoms with van der Waals surface area (Å²) in [6.45, 7) is 2.56. The first-order valence-electron chi connectivity index (χ1n) is 9.78. The number of morpholine rings is 1. The lowest BCUT2D eigenvalue weighted by atomic mass is 10.2. The van der Waals surface area contributed by atoms with Gasteiger partial charge in [0.2, 0.25) is 5.91 Å². The van der Waals surface area contributed by atoms with E-state index in [2.05, 4.69) is 10.5 Å². The maximum atomic E-state index is 12.7. The number of carbonyl (C=O) groups is 2. The van der Waals surface area contributed by atoms with Crippen LogP contribution in [0.4, 0.5) is 0 Å². The van der Waals surface area contributed by atoms with Crippen molar-refractivity contribution in [2.45, 2.75) is 6.54 Å². The van der Waals surface area contributed by atoms with Gasteiger partial charge >= 0.3 is 0 Å². The van der Waals surface area contributed by atoms with E-state index in [9.17, 15) is 14.7 Å². The summed E-state index contributed by atoms with van der Waals surface area (Å²) in [5, 5.41) is 14.8. The molecule has 2 N–H and O–H groups in total. The third-order valence-corrected chi connectivity index (χ3v) is 5.98. The van der Waals surface area contributed by atoms with Crippen LogP contribution < -0.4 is 5.43 Å². The zero-order valence-electron chi connectivity index (χ0n) is 16.6. The summed E-state index contributed by atoms with van der Waals surface area (Å²) in [4.78, 5) is 26.8. The quantitative estimate of drug-likeness (QED) is 0.300. The van der Waals surface area contributed by atoms with Crippen LogP contribution in [0.15, 0.2) is 53.8 Å². The molecule has 0 atom stereocenters. The van der Waals surface area contributed by atoms with Gasteiger partial charge in [0.05, 0.1) is 23.0 Å². The molecule has 2 aromatic carbocycles. The van der Waals surface area contributed by atoms with Gasteiger partial charge in [0.1, 0.15) is 12.3 Å². The Morgan fingerprint density at radius 1 is 1.19 bits per heavy atom. The van der Waals surface area contributed by atoms with Crippen LogP contribution in [0, 0.1) is 3.57 Å². The number of carbonyl (C=O) groups excluding carboxylic acids is 2. The first-order valence-corrected chi connectivity index (χ1v) is 10.9. The van der Waals surface area contributed by atoms with Crippen LogP contribution in [-0.4, -0.2) is 58.9 Å². The van der Waals surface area contributed by atoms with Crippen LogP contribution >= 0.6 is 22.6 Å². The van der Waals surface area contributed by atoms with Gasteiger partial charge in [0, 0.05) is 41.3 Å². The number of hydrogen-bond donors (Lipinski definition) is 2. The van der Waals surface area contributed by atoms with Crippen molar-refractivity contribution in [2.75, 3.05) is 26.3 Å². The number of benzene rings is 2. The number of amides is 2. The molecule has 4 rings (SSSR count). The predicted octanol–water partition coefficient (Wildman–Crippen LogP) is 2.57. The van der Waals surface area contributed by atoms with Crippen molar-refractivity contribution in [3.63, 3.8) is 0 Å². The molecule has 1 saturated heterocycles. The minimum Gasteiger partial charge on any atom is -0.507 e. The average Bonchev–Trinajstić information content (AvgIpc) is 3.13. The molecule has 1 fully saturated rings. The van der Waals surface area contributed by atoms with Crippen LogP contribution in [0.25, 0.3) is 10.9 Å². The molecule has 0 saturated carbocycles. The van der Waals surface area contributed by atoms with E-state index in [0.29, 0.717) is 35.4 Å². The lowest BCUT2D eigenvalue weighted by Crippen LogP contribution is -2.42. The normalized spacial score (nSPS) is 14.3. The molecule has 2 heterocycles. The Labute approximate surface area is 192 Å². The van der Waals surface area contributed by atoms with Crippen LogP contribution in [0.3, 0.4) is 0 Å². The van der Waals surface area contributed by atoms with E-state index in [1.807, 2.05) is 62.5 Å². The van der Waals surface area contributed by atoms with Gasteiger partial charge in [-0.05, 0) is 46.9 Å². The molecule has 1 aliphatic heterocycles. The smallest absolute Gasteiger partial charge is 0.271 e. The van der Waals surface area contributed by atoms with Crippen molar-refractivity contribution in [3.8, 4) is 5.75 Å². The number of hydrogen-bond acceptors (Lipinski definition) is 5. The topological polar surface area (TPSA) is 96.2 Å². The number of aromatic nitrogens is 1. The molecule has 0 aliphatic carbocycles. The van der Waals surface area contributed by atoms with E-state index in [4.69, 9.17) is 4.74 Å². The van der Waals surface area contributed by atoms with Crippen LogP contribution in [0.5, 0.6) is 5.75 Å². The zero-order valence-corrected chi connectivity index (χ0v) is 18.8. The van der Waals surface area contributed by atoms with Crippen molar-refractivity contribution < 1.29 is 19.4 Å². The molecular weight excluding hydrogens is 511 g/mol. The van der Waals surface area contributed by atoms with Gasteiger partial charge in [-0.2, -0.15) is 5.10 Å². The van der Waals surface area contributed by atoms with Crippen molar-refractivity contribution in [1.29, 1.82) is 0 Å². The van der Waals surface area contributed by atoms with Gasteiger partial charge in [0.15, 0.2) is 0 Å². The van der Waals surface area contributed by atoms with E-state index >= 15 is 0 Å². The zero-order chi connectivity index (χ0) is 21.8. The molecule has 2 amide bonds. The van der Waals surface area contributed by atoms with Gasteiger partial charge in [-0.3, -0.25) is 9.59 Å². The van der Waals surface area contributed by atoms with E-state index in [1.165, 1.54) is 6.07 Å². The number of phenolic OH excluding ortho intramolecular Hbond substituents is 1. The first-order chi connectivity index (χ1) is 15.0. The van der Waals surface area contributed by atoms with E-state index in [1.54, 1.807) is 18.3 Å². The summed E-state index contributed by atoms with van der Waals surface area (Å²) in [5.41, 5.74) is 4.50. The first kappa shape index (κ1) is 21.3. The lowest BCUT2D eigenvalue weighted by Gasteiger charge is -2.27. The molecule has 0 radical (unpaired) electrons. The van der Waals surface area contributed by atoms with Crippen LogP contribution in [0.2, 0.25) is 0 Å². The molecule has 1 aliphatic rings. The maximum absolute atomic E-state index is 12.7. The largest absolute Gasteiger partial charge is 0.507 e. The van der Waals surface area contributed by atoms with Crippen molar-refractivity contribution in [1.82, 2.24) is 14.9 Å². The highest BCUT2D eigenvalue weighted by molar-refractivity contribution is 14.1. The highest BCUT2D eigenvalue weighted by Crippen LogP contribution is 2.21. The Hall–Kier alpha value is -2.92. The fourth-order valence-corrected chi connectivity index (χ4v) is 3.78. The molecule has 0 unspecified atom stereocenters. The number of hydrazone groups is 1. The summed E-state index contributed by atoms with van der Waals surface area (Å²) < 4.78 is 7.88. The fraction of sp³-hybridized carbons (Fsp3) is 0.227. The highest BCUT2D eigenvalue weighted by atomic mass is 127. The van der Waals surface area contributed by atoms with Gasteiger partial charge < -0.3 is 19.3 Å². The number of nitrogens with zero attached hydrogens (tertiary/aromatic N) is 3. The number of halogens is 1. The van der Waals surface area contributed by atoms with E-state index in [0.717, 1.165) is 16.5 Å². The van der Waals surface area contributed by atoms with E-state index < -0.39 is 5.91 Å². The maximum Gasteiger partial charge on any atom is 0.271 e. The lowest BCUT2D eigenvalue weighted by molar-refractivity contribution is -0.135. The average molecular weight is 532 g/mol. The Bertz CT molecular complexity index is 1150. The molecule has 31 heavy (non-hydrogen) atoms. The van der Waals surface area contributed by atoms with Crippen LogP contribution in [0.1, 0.15) is 15.9 Å². The molecular formula is C22H21IN4O4. The molecule has 3 aromatic rings. The van der Waals surface area contributed by atoms with Gasteiger partial charge in [-0.1, -0.05) is 18.2 Å². The Morgan fingerprint density at radius 2 is 1.97 bits per heavy atom. The third kappa shape index (κ3) is 4.88. The number of nitrogens with one attached hydrogen (secondary N) is 1. The number of phenols is 1. The molecule has 0 spiro atoms. The summed E-state index contributed by atoms with van der Waals surface area (Å²) >= 11 is 1.99. The number of ether oxygens (including phenoxy) is 1. The summed E-state index contributed by atoms with van der Waals surface area (Å²) in [6, 6.07) is 12.4. The standard InChI is InChI=1S/C22H21IN4O4/c23-18-6-5-15(11-20(18)28)22(30)25-24-12-16-13-27(19-4-2-1-3-17(16)19)14-21(29)26-7-9-31-10-8-26/h1-6,11-13,28H,7-10,14H2,(H,25,30)/b24-12+. The van der Waals surface area contributed by atoms with Crippen molar-refractivity contribution in [2.24, 2.45) is 5.10 Å². The van der Waals surface area contributed by atoms with Crippen LogP contribution in [-0.2, 0) is 16.1 Å². The molecule has 8 nitrogen and oxygen atoms in total. The van der Waals surface area contributed by atoms with Gasteiger partial charge in [-0.25, -0.2) is 5.43 Å². The Balaban J connectivity index is 1.50. The molecule has 1 aromatic heterocycles. The summed E-state index contributed by atoms with van der Waals surface area (Å²) in [5.74, 6) is -0.334. The van der Waals surface area contributed by atoms with Crippen molar-refractivity contribution >= 4 is 51.5 Å². The second kappa shape index (κ2) is 9.48. The number of aromatic hydroxyl groups is 1. The second-order valence-corrected chi connectivity index (χ2v) is 8.25. The third-order valence-electron chi connectivity index (χ3n) is 5.07. The van der Waals surface area contributed by atoms with E-state index in [-0.39, 0.29) is 18.2 Å². The number of fused-ring (bicyclic) bond motifs is 1. The molecule has 9 heteroatoms. The Morgan fingerprint density at radius 3 is 2.74 bits per heavy atom. The number of para-hydroxylation sites is 1. The summed E-state index contributed by atoms with van der Waals surface area (Å²) in [6.07, 6.45) is 3.41. The highest BCUT2D eigenvalue weighted by Gasteiger charge is 2.18.